The molecule has 8 heteroatoms. The van der Waals surface area contributed by atoms with Gasteiger partial charge in [0.05, 0.1) is 16.8 Å². The Morgan fingerprint density at radius 1 is 1.29 bits per heavy atom. The van der Waals surface area contributed by atoms with Gasteiger partial charge in [0.1, 0.15) is 0 Å². The van der Waals surface area contributed by atoms with Crippen molar-refractivity contribution in [3.05, 3.63) is 46.7 Å². The quantitative estimate of drug-likeness (QED) is 0.664. The van der Waals surface area contributed by atoms with Crippen molar-refractivity contribution in [3.63, 3.8) is 0 Å². The van der Waals surface area contributed by atoms with Gasteiger partial charge in [0.15, 0.2) is 10.9 Å². The van der Waals surface area contributed by atoms with Crippen LogP contribution in [0.15, 0.2) is 35.6 Å². The molecule has 0 fully saturated rings. The highest BCUT2D eigenvalue weighted by Crippen LogP contribution is 2.18. The van der Waals surface area contributed by atoms with Crippen LogP contribution in [0, 0.1) is 0 Å². The first-order valence-electron chi connectivity index (χ1n) is 5.72. The number of hydrogen-bond acceptors (Lipinski definition) is 5. The fourth-order valence-electron chi connectivity index (χ4n) is 1.49. The van der Waals surface area contributed by atoms with Crippen LogP contribution in [0.3, 0.4) is 0 Å². The van der Waals surface area contributed by atoms with Crippen molar-refractivity contribution < 1.29 is 14.7 Å². The summed E-state index contributed by atoms with van der Waals surface area (Å²) >= 11 is 7.20. The molecule has 0 atom stereocenters. The van der Waals surface area contributed by atoms with E-state index in [1.54, 1.807) is 6.26 Å². The van der Waals surface area contributed by atoms with Gasteiger partial charge in [-0.2, -0.15) is 0 Å². The molecule has 0 aliphatic heterocycles. The molecule has 0 saturated heterocycles. The molecule has 2 rings (SSSR count). The third-order valence-electron chi connectivity index (χ3n) is 2.51. The number of thioether (sulfide) groups is 1. The molecular weight excluding hydrogens is 314 g/mol. The summed E-state index contributed by atoms with van der Waals surface area (Å²) in [7, 11) is 0. The number of carbonyl (C=O) groups is 2. The zero-order chi connectivity index (χ0) is 15.4. The summed E-state index contributed by atoms with van der Waals surface area (Å²) in [6, 6.07) is 5.78. The van der Waals surface area contributed by atoms with Gasteiger partial charge in [0.25, 0.3) is 5.91 Å². The lowest BCUT2D eigenvalue weighted by atomic mass is 10.2. The molecule has 1 aromatic heterocycles. The number of carboxylic acids is 1. The standard InChI is InChI=1S/C13H10ClN3O3S/c1-21-13-15-6-9(14)10(17-13)11(18)16-8-4-2-7(3-5-8)12(19)20/h2-6H,1H3,(H,16,18)(H,19,20). The Morgan fingerprint density at radius 3 is 2.52 bits per heavy atom. The molecule has 6 nitrogen and oxygen atoms in total. The van der Waals surface area contributed by atoms with Gasteiger partial charge in [-0.25, -0.2) is 14.8 Å². The van der Waals surface area contributed by atoms with Crippen molar-refractivity contribution in [2.24, 2.45) is 0 Å². The van der Waals surface area contributed by atoms with E-state index in [-0.39, 0.29) is 16.3 Å². The summed E-state index contributed by atoms with van der Waals surface area (Å²) in [4.78, 5) is 30.9. The fraction of sp³-hybridized carbons (Fsp3) is 0.0769. The lowest BCUT2D eigenvalue weighted by Gasteiger charge is -2.07. The van der Waals surface area contributed by atoms with Crippen LogP contribution >= 0.6 is 23.4 Å². The van der Waals surface area contributed by atoms with E-state index in [0.29, 0.717) is 10.8 Å². The average molecular weight is 324 g/mol. The van der Waals surface area contributed by atoms with Crippen LogP contribution in [0.1, 0.15) is 20.8 Å². The summed E-state index contributed by atoms with van der Waals surface area (Å²) in [6.07, 6.45) is 3.15. The number of nitrogens with zero attached hydrogens (tertiary/aromatic N) is 2. The predicted molar refractivity (Wildman–Crippen MR) is 80.2 cm³/mol. The van der Waals surface area contributed by atoms with Crippen LogP contribution in [-0.2, 0) is 0 Å². The first kappa shape index (κ1) is 15.3. The van der Waals surface area contributed by atoms with Gasteiger partial charge < -0.3 is 10.4 Å². The number of aromatic carboxylic acids is 1. The number of anilines is 1. The Kier molecular flexibility index (Phi) is 4.77. The smallest absolute Gasteiger partial charge is 0.335 e. The van der Waals surface area contributed by atoms with Crippen molar-refractivity contribution in [1.82, 2.24) is 9.97 Å². The molecular formula is C13H10ClN3O3S. The van der Waals surface area contributed by atoms with Gasteiger partial charge in [0.2, 0.25) is 0 Å². The van der Waals surface area contributed by atoms with Gasteiger partial charge in [-0.15, -0.1) is 0 Å². The number of amides is 1. The summed E-state index contributed by atoms with van der Waals surface area (Å²) < 4.78 is 0. The molecule has 2 N–H and O–H groups in total. The summed E-state index contributed by atoms with van der Waals surface area (Å²) in [5.41, 5.74) is 0.654. The molecule has 21 heavy (non-hydrogen) atoms. The molecule has 1 aromatic carbocycles. The van der Waals surface area contributed by atoms with Crippen molar-refractivity contribution in [3.8, 4) is 0 Å². The second-order valence-electron chi connectivity index (χ2n) is 3.89. The van der Waals surface area contributed by atoms with Crippen molar-refractivity contribution in [1.29, 1.82) is 0 Å². The van der Waals surface area contributed by atoms with Gasteiger partial charge in [0, 0.05) is 5.69 Å². The molecule has 1 heterocycles. The minimum atomic E-state index is -1.03. The summed E-state index contributed by atoms with van der Waals surface area (Å²) in [6.45, 7) is 0. The Morgan fingerprint density at radius 2 is 1.95 bits per heavy atom. The van der Waals surface area contributed by atoms with E-state index in [1.165, 1.54) is 42.2 Å². The molecule has 0 unspecified atom stereocenters. The van der Waals surface area contributed by atoms with Gasteiger partial charge in [-0.1, -0.05) is 23.4 Å². The third-order valence-corrected chi connectivity index (χ3v) is 3.35. The number of aromatic nitrogens is 2. The lowest BCUT2D eigenvalue weighted by Crippen LogP contribution is -2.15. The third kappa shape index (κ3) is 3.71. The molecule has 0 aliphatic carbocycles. The van der Waals surface area contributed by atoms with Crippen LogP contribution < -0.4 is 5.32 Å². The Bertz CT molecular complexity index is 692. The molecule has 0 aliphatic rings. The highest BCUT2D eigenvalue weighted by Gasteiger charge is 2.14. The topological polar surface area (TPSA) is 92.2 Å². The molecule has 0 spiro atoms. The van der Waals surface area contributed by atoms with Crippen LogP contribution in [0.4, 0.5) is 5.69 Å². The Labute approximate surface area is 129 Å². The van der Waals surface area contributed by atoms with Crippen molar-refractivity contribution >= 4 is 40.9 Å². The molecule has 2 aromatic rings. The van der Waals surface area contributed by atoms with Crippen molar-refractivity contribution in [2.75, 3.05) is 11.6 Å². The minimum Gasteiger partial charge on any atom is -0.478 e. The number of carbonyl (C=O) groups excluding carboxylic acids is 1. The number of halogens is 1. The normalized spacial score (nSPS) is 10.2. The average Bonchev–Trinajstić information content (AvgIpc) is 2.48. The van der Waals surface area contributed by atoms with Gasteiger partial charge in [-0.3, -0.25) is 4.79 Å². The fourth-order valence-corrected chi connectivity index (χ4v) is 2.01. The zero-order valence-electron chi connectivity index (χ0n) is 10.8. The second-order valence-corrected chi connectivity index (χ2v) is 5.07. The second kappa shape index (κ2) is 6.55. The first-order valence-corrected chi connectivity index (χ1v) is 7.32. The number of hydrogen-bond donors (Lipinski definition) is 2. The van der Waals surface area contributed by atoms with E-state index in [4.69, 9.17) is 16.7 Å². The first-order chi connectivity index (χ1) is 10.0. The van der Waals surface area contributed by atoms with Gasteiger partial charge in [-0.05, 0) is 30.5 Å². The van der Waals surface area contributed by atoms with E-state index in [0.717, 1.165) is 0 Å². The maximum absolute atomic E-state index is 12.1. The maximum atomic E-state index is 12.1. The Hall–Kier alpha value is -2.12. The van der Waals surface area contributed by atoms with Gasteiger partial charge >= 0.3 is 5.97 Å². The van der Waals surface area contributed by atoms with Crippen LogP contribution in [0.2, 0.25) is 5.02 Å². The van der Waals surface area contributed by atoms with E-state index < -0.39 is 11.9 Å². The Balaban J connectivity index is 2.19. The minimum absolute atomic E-state index is 0.0679. The highest BCUT2D eigenvalue weighted by molar-refractivity contribution is 7.98. The highest BCUT2D eigenvalue weighted by atomic mass is 35.5. The largest absolute Gasteiger partial charge is 0.478 e. The molecule has 0 radical (unpaired) electrons. The van der Waals surface area contributed by atoms with E-state index in [9.17, 15) is 9.59 Å². The molecule has 0 bridgehead atoms. The number of benzene rings is 1. The number of rotatable bonds is 4. The van der Waals surface area contributed by atoms with E-state index in [1.807, 2.05) is 0 Å². The number of nitrogens with one attached hydrogen (secondary N) is 1. The molecule has 1 amide bonds. The monoisotopic (exact) mass is 323 g/mol. The summed E-state index contributed by atoms with van der Waals surface area (Å²) in [5, 5.41) is 12.0. The predicted octanol–water partition coefficient (Wildman–Crippen LogP) is 2.80. The van der Waals surface area contributed by atoms with Crippen LogP contribution in [-0.4, -0.2) is 33.2 Å². The summed E-state index contributed by atoms with van der Waals surface area (Å²) in [5.74, 6) is -1.52. The number of carboxylic acid groups (broad SMARTS) is 1. The zero-order valence-corrected chi connectivity index (χ0v) is 12.4. The van der Waals surface area contributed by atoms with Crippen LogP contribution in [0.25, 0.3) is 0 Å². The van der Waals surface area contributed by atoms with Crippen LogP contribution in [0.5, 0.6) is 0 Å². The molecule has 0 saturated carbocycles. The van der Waals surface area contributed by atoms with Crippen molar-refractivity contribution in [2.45, 2.75) is 5.16 Å². The lowest BCUT2D eigenvalue weighted by molar-refractivity contribution is 0.0696. The maximum Gasteiger partial charge on any atom is 0.335 e. The van der Waals surface area contributed by atoms with E-state index in [2.05, 4.69) is 15.3 Å². The van der Waals surface area contributed by atoms with E-state index >= 15 is 0 Å². The molecule has 108 valence electrons. The SMILES string of the molecule is CSc1ncc(Cl)c(C(=O)Nc2ccc(C(=O)O)cc2)n1.